The minimum Gasteiger partial charge on any atom is -0.493 e. The highest BCUT2D eigenvalue weighted by Gasteiger charge is 2.11. The van der Waals surface area contributed by atoms with Gasteiger partial charge in [-0.15, -0.1) is 0 Å². The Morgan fingerprint density at radius 3 is 2.33 bits per heavy atom. The summed E-state index contributed by atoms with van der Waals surface area (Å²) in [7, 11) is 3.16. The van der Waals surface area contributed by atoms with Gasteiger partial charge in [-0.1, -0.05) is 0 Å². The van der Waals surface area contributed by atoms with Crippen molar-refractivity contribution in [1.29, 1.82) is 0 Å². The molecule has 4 aromatic rings. The molecule has 4 rings (SSSR count). The molecule has 0 saturated heterocycles. The van der Waals surface area contributed by atoms with Crippen LogP contribution in [0, 0.1) is 0 Å². The number of benzene rings is 2. The summed E-state index contributed by atoms with van der Waals surface area (Å²) < 4.78 is 10.7. The number of anilines is 3. The Kier molecular flexibility index (Phi) is 5.33. The summed E-state index contributed by atoms with van der Waals surface area (Å²) in [6.45, 7) is 0. The van der Waals surface area contributed by atoms with Gasteiger partial charge in [0.25, 0.3) is 5.91 Å². The number of hydrogen-bond acceptors (Lipinski definition) is 8. The van der Waals surface area contributed by atoms with Crippen LogP contribution in [-0.4, -0.2) is 40.1 Å². The van der Waals surface area contributed by atoms with E-state index in [1.165, 1.54) is 24.9 Å². The summed E-state index contributed by atoms with van der Waals surface area (Å²) in [5, 5.41) is 6.83. The number of methoxy groups -OCH3 is 2. The van der Waals surface area contributed by atoms with Crippen molar-refractivity contribution in [2.45, 2.75) is 0 Å². The Morgan fingerprint density at radius 1 is 0.900 bits per heavy atom. The van der Waals surface area contributed by atoms with E-state index in [2.05, 4.69) is 30.6 Å². The number of aromatic nitrogens is 4. The standard InChI is InChI=1S/C21H18N6O3/c1-29-18-9-15-16(10-19(18)30-2)24-12-25-20(15)26-13-3-5-14(6-4-13)27-21(28)17-11-22-7-8-23-17/h3-12H,1-2H3,(H,27,28)(H,24,25,26). The molecule has 0 aliphatic heterocycles. The molecule has 2 heterocycles. The first-order valence-electron chi connectivity index (χ1n) is 8.99. The average Bonchev–Trinajstić information content (AvgIpc) is 2.80. The molecule has 9 heteroatoms. The van der Waals surface area contributed by atoms with Gasteiger partial charge in [0.1, 0.15) is 17.8 Å². The zero-order valence-corrected chi connectivity index (χ0v) is 16.3. The lowest BCUT2D eigenvalue weighted by Crippen LogP contribution is -2.13. The van der Waals surface area contributed by atoms with Gasteiger partial charge in [-0.2, -0.15) is 0 Å². The van der Waals surface area contributed by atoms with Crippen molar-refractivity contribution in [2.24, 2.45) is 0 Å². The van der Waals surface area contributed by atoms with Crippen molar-refractivity contribution in [3.05, 3.63) is 67.0 Å². The fourth-order valence-electron chi connectivity index (χ4n) is 2.87. The van der Waals surface area contributed by atoms with E-state index in [1.54, 1.807) is 32.4 Å². The Morgan fingerprint density at radius 2 is 1.63 bits per heavy atom. The number of amides is 1. The van der Waals surface area contributed by atoms with Gasteiger partial charge in [0, 0.05) is 35.2 Å². The molecular formula is C21H18N6O3. The van der Waals surface area contributed by atoms with Crippen molar-refractivity contribution in [1.82, 2.24) is 19.9 Å². The number of rotatable bonds is 6. The molecule has 0 fully saturated rings. The first-order valence-corrected chi connectivity index (χ1v) is 8.99. The maximum Gasteiger partial charge on any atom is 0.275 e. The lowest BCUT2D eigenvalue weighted by Gasteiger charge is -2.12. The van der Waals surface area contributed by atoms with Crippen LogP contribution in [0.3, 0.4) is 0 Å². The van der Waals surface area contributed by atoms with E-state index in [0.29, 0.717) is 23.0 Å². The number of fused-ring (bicyclic) bond motifs is 1. The Labute approximate surface area is 172 Å². The second kappa shape index (κ2) is 8.39. The number of carbonyl (C=O) groups excluding carboxylic acids is 1. The highest BCUT2D eigenvalue weighted by molar-refractivity contribution is 6.02. The van der Waals surface area contributed by atoms with E-state index in [4.69, 9.17) is 9.47 Å². The summed E-state index contributed by atoms with van der Waals surface area (Å²) in [6.07, 6.45) is 5.87. The summed E-state index contributed by atoms with van der Waals surface area (Å²) >= 11 is 0. The van der Waals surface area contributed by atoms with Crippen molar-refractivity contribution in [2.75, 3.05) is 24.9 Å². The Bertz CT molecular complexity index is 1180. The summed E-state index contributed by atoms with van der Waals surface area (Å²) in [5.41, 5.74) is 2.40. The molecule has 0 spiro atoms. The number of hydrogen-bond donors (Lipinski definition) is 2. The fourth-order valence-corrected chi connectivity index (χ4v) is 2.87. The molecule has 1 amide bonds. The minimum absolute atomic E-state index is 0.247. The predicted octanol–water partition coefficient (Wildman–Crippen LogP) is 3.43. The Hall–Kier alpha value is -4.27. The summed E-state index contributed by atoms with van der Waals surface area (Å²) in [5.74, 6) is 1.48. The molecule has 2 aromatic heterocycles. The zero-order valence-electron chi connectivity index (χ0n) is 16.3. The largest absolute Gasteiger partial charge is 0.493 e. The molecule has 0 atom stereocenters. The molecule has 0 bridgehead atoms. The fraction of sp³-hybridized carbons (Fsp3) is 0.0952. The van der Waals surface area contributed by atoms with E-state index in [0.717, 1.165) is 16.6 Å². The van der Waals surface area contributed by atoms with Gasteiger partial charge < -0.3 is 20.1 Å². The molecular weight excluding hydrogens is 384 g/mol. The van der Waals surface area contributed by atoms with Gasteiger partial charge in [-0.05, 0) is 30.3 Å². The van der Waals surface area contributed by atoms with Crippen LogP contribution in [0.5, 0.6) is 11.5 Å². The summed E-state index contributed by atoms with van der Waals surface area (Å²) in [6, 6.07) is 10.9. The lowest BCUT2D eigenvalue weighted by molar-refractivity contribution is 0.102. The molecule has 0 unspecified atom stereocenters. The molecule has 0 aliphatic rings. The quantitative estimate of drug-likeness (QED) is 0.505. The third-order valence-corrected chi connectivity index (χ3v) is 4.34. The first-order chi connectivity index (χ1) is 14.7. The van der Waals surface area contributed by atoms with Crippen LogP contribution in [0.15, 0.2) is 61.3 Å². The third kappa shape index (κ3) is 3.95. The van der Waals surface area contributed by atoms with E-state index in [-0.39, 0.29) is 11.6 Å². The third-order valence-electron chi connectivity index (χ3n) is 4.34. The molecule has 0 aliphatic carbocycles. The Balaban J connectivity index is 1.55. The van der Waals surface area contributed by atoms with Gasteiger partial charge in [-0.3, -0.25) is 9.78 Å². The van der Waals surface area contributed by atoms with Crippen molar-refractivity contribution >= 4 is 34.0 Å². The topological polar surface area (TPSA) is 111 Å². The SMILES string of the molecule is COc1cc2ncnc(Nc3ccc(NC(=O)c4cnccn4)cc3)c2cc1OC. The monoisotopic (exact) mass is 402 g/mol. The highest BCUT2D eigenvalue weighted by atomic mass is 16.5. The van der Waals surface area contributed by atoms with Crippen LogP contribution < -0.4 is 20.1 Å². The van der Waals surface area contributed by atoms with Crippen LogP contribution in [0.2, 0.25) is 0 Å². The zero-order chi connectivity index (χ0) is 20.9. The minimum atomic E-state index is -0.327. The molecule has 2 aromatic carbocycles. The molecule has 0 radical (unpaired) electrons. The van der Waals surface area contributed by atoms with Crippen molar-refractivity contribution in [3.63, 3.8) is 0 Å². The van der Waals surface area contributed by atoms with Gasteiger partial charge in [0.15, 0.2) is 11.5 Å². The molecule has 150 valence electrons. The van der Waals surface area contributed by atoms with Crippen molar-refractivity contribution in [3.8, 4) is 11.5 Å². The van der Waals surface area contributed by atoms with Crippen LogP contribution in [0.1, 0.15) is 10.5 Å². The van der Waals surface area contributed by atoms with E-state index < -0.39 is 0 Å². The van der Waals surface area contributed by atoms with Gasteiger partial charge in [-0.25, -0.2) is 15.0 Å². The van der Waals surface area contributed by atoms with Crippen molar-refractivity contribution < 1.29 is 14.3 Å². The molecule has 0 saturated carbocycles. The normalized spacial score (nSPS) is 10.5. The van der Waals surface area contributed by atoms with Crippen LogP contribution in [0.25, 0.3) is 10.9 Å². The average molecular weight is 402 g/mol. The first kappa shape index (κ1) is 19.1. The maximum atomic E-state index is 12.2. The highest BCUT2D eigenvalue weighted by Crippen LogP contribution is 2.34. The van der Waals surface area contributed by atoms with E-state index in [9.17, 15) is 4.79 Å². The molecule has 9 nitrogen and oxygen atoms in total. The lowest BCUT2D eigenvalue weighted by atomic mass is 10.2. The van der Waals surface area contributed by atoms with Crippen LogP contribution in [-0.2, 0) is 0 Å². The maximum absolute atomic E-state index is 12.2. The predicted molar refractivity (Wildman–Crippen MR) is 112 cm³/mol. The number of ether oxygens (including phenoxy) is 2. The van der Waals surface area contributed by atoms with Crippen LogP contribution in [0.4, 0.5) is 17.2 Å². The second-order valence-electron chi connectivity index (χ2n) is 6.19. The van der Waals surface area contributed by atoms with Gasteiger partial charge >= 0.3 is 0 Å². The molecule has 2 N–H and O–H groups in total. The second-order valence-corrected chi connectivity index (χ2v) is 6.19. The van der Waals surface area contributed by atoms with Crippen LogP contribution >= 0.6 is 0 Å². The number of nitrogens with zero attached hydrogens (tertiary/aromatic N) is 4. The van der Waals surface area contributed by atoms with E-state index >= 15 is 0 Å². The summed E-state index contributed by atoms with van der Waals surface area (Å²) in [4.78, 5) is 28.7. The molecule has 30 heavy (non-hydrogen) atoms. The van der Waals surface area contributed by atoms with Gasteiger partial charge in [0.2, 0.25) is 0 Å². The van der Waals surface area contributed by atoms with E-state index in [1.807, 2.05) is 18.2 Å². The van der Waals surface area contributed by atoms with Gasteiger partial charge in [0.05, 0.1) is 25.9 Å². The number of nitrogens with one attached hydrogen (secondary N) is 2. The smallest absolute Gasteiger partial charge is 0.275 e. The number of carbonyl (C=O) groups is 1.